The van der Waals surface area contributed by atoms with Gasteiger partial charge in [-0.1, -0.05) is 36.4 Å². The summed E-state index contributed by atoms with van der Waals surface area (Å²) in [6.07, 6.45) is 1.62. The number of furan rings is 1. The lowest BCUT2D eigenvalue weighted by Gasteiger charge is -2.22. The number of aromatic nitrogens is 2. The molecule has 0 radical (unpaired) electrons. The van der Waals surface area contributed by atoms with Gasteiger partial charge in [0.1, 0.15) is 17.3 Å². The third kappa shape index (κ3) is 3.24. The molecule has 1 saturated heterocycles. The summed E-state index contributed by atoms with van der Waals surface area (Å²) in [6.45, 7) is 1.57. The highest BCUT2D eigenvalue weighted by molar-refractivity contribution is 6.08. The standard InChI is InChI=1S/C24H21N5O3/c25-14-16-8-4-9-17-20-22(32-21(16)17)19(15-6-2-1-3-7-15)27-24(31)29(20)13-12-28-11-5-10-18(28)23(26)30/h1-4,6-9,18H,5,10-13H2,(H2,26,30)/t18-/m1/s1. The molecule has 1 fully saturated rings. The zero-order chi connectivity index (χ0) is 22.2. The molecule has 2 aromatic carbocycles. The number of rotatable bonds is 5. The van der Waals surface area contributed by atoms with E-state index in [-0.39, 0.29) is 11.9 Å². The van der Waals surface area contributed by atoms with Crippen molar-refractivity contribution in [3.05, 3.63) is 64.6 Å². The number of nitriles is 1. The zero-order valence-electron chi connectivity index (χ0n) is 17.3. The highest BCUT2D eigenvalue weighted by Crippen LogP contribution is 2.35. The smallest absolute Gasteiger partial charge is 0.348 e. The second-order valence-electron chi connectivity index (χ2n) is 7.93. The average molecular weight is 427 g/mol. The summed E-state index contributed by atoms with van der Waals surface area (Å²) < 4.78 is 7.73. The summed E-state index contributed by atoms with van der Waals surface area (Å²) in [7, 11) is 0. The second kappa shape index (κ2) is 7.94. The molecule has 32 heavy (non-hydrogen) atoms. The van der Waals surface area contributed by atoms with Gasteiger partial charge < -0.3 is 10.2 Å². The number of amides is 1. The van der Waals surface area contributed by atoms with Crippen molar-refractivity contribution in [3.8, 4) is 17.3 Å². The molecule has 1 atom stereocenters. The lowest BCUT2D eigenvalue weighted by molar-refractivity contribution is -0.122. The fourth-order valence-corrected chi connectivity index (χ4v) is 4.57. The minimum atomic E-state index is -0.406. The summed E-state index contributed by atoms with van der Waals surface area (Å²) in [5, 5.41) is 10.2. The van der Waals surface area contributed by atoms with Crippen molar-refractivity contribution in [1.29, 1.82) is 5.26 Å². The molecule has 0 unspecified atom stereocenters. The van der Waals surface area contributed by atoms with Gasteiger partial charge in [-0.25, -0.2) is 4.79 Å². The number of carbonyl (C=O) groups is 1. The monoisotopic (exact) mass is 427 g/mol. The van der Waals surface area contributed by atoms with E-state index >= 15 is 0 Å². The van der Waals surface area contributed by atoms with Crippen LogP contribution in [-0.2, 0) is 11.3 Å². The maximum absolute atomic E-state index is 13.2. The number of hydrogen-bond donors (Lipinski definition) is 1. The Bertz CT molecular complexity index is 1430. The van der Waals surface area contributed by atoms with Crippen LogP contribution in [0.5, 0.6) is 0 Å². The molecule has 2 aromatic heterocycles. The van der Waals surface area contributed by atoms with E-state index in [1.54, 1.807) is 16.7 Å². The van der Waals surface area contributed by atoms with Crippen LogP contribution in [0.4, 0.5) is 0 Å². The highest BCUT2D eigenvalue weighted by atomic mass is 16.3. The predicted octanol–water partition coefficient (Wildman–Crippen LogP) is 2.63. The van der Waals surface area contributed by atoms with Gasteiger partial charge >= 0.3 is 5.69 Å². The molecular formula is C24H21N5O3. The van der Waals surface area contributed by atoms with E-state index in [1.165, 1.54) is 0 Å². The van der Waals surface area contributed by atoms with Crippen molar-refractivity contribution in [1.82, 2.24) is 14.5 Å². The van der Waals surface area contributed by atoms with Crippen LogP contribution >= 0.6 is 0 Å². The first-order valence-electron chi connectivity index (χ1n) is 10.5. The minimum Gasteiger partial charge on any atom is -0.451 e. The average Bonchev–Trinajstić information content (AvgIpc) is 3.43. The predicted molar refractivity (Wildman–Crippen MR) is 120 cm³/mol. The Morgan fingerprint density at radius 1 is 1.16 bits per heavy atom. The molecule has 4 aromatic rings. The van der Waals surface area contributed by atoms with Gasteiger partial charge in [0.2, 0.25) is 5.91 Å². The second-order valence-corrected chi connectivity index (χ2v) is 7.93. The van der Waals surface area contributed by atoms with Crippen LogP contribution in [0.1, 0.15) is 18.4 Å². The zero-order valence-corrected chi connectivity index (χ0v) is 17.3. The van der Waals surface area contributed by atoms with Crippen LogP contribution in [0.3, 0.4) is 0 Å². The molecule has 5 rings (SSSR count). The number of carbonyl (C=O) groups excluding carboxylic acids is 1. The van der Waals surface area contributed by atoms with Gasteiger partial charge in [0.25, 0.3) is 0 Å². The number of nitrogens with two attached hydrogens (primary N) is 1. The Hall–Kier alpha value is -3.96. The maximum Gasteiger partial charge on any atom is 0.348 e. The minimum absolute atomic E-state index is 0.316. The van der Waals surface area contributed by atoms with E-state index in [9.17, 15) is 14.9 Å². The summed E-state index contributed by atoms with van der Waals surface area (Å²) in [5.74, 6) is -0.343. The van der Waals surface area contributed by atoms with E-state index in [4.69, 9.17) is 10.2 Å². The number of para-hydroxylation sites is 1. The maximum atomic E-state index is 13.2. The molecule has 0 spiro atoms. The molecule has 8 nitrogen and oxygen atoms in total. The quantitative estimate of drug-likeness (QED) is 0.523. The molecule has 8 heteroatoms. The molecule has 2 N–H and O–H groups in total. The first kappa shape index (κ1) is 20.0. The first-order chi connectivity index (χ1) is 15.6. The lowest BCUT2D eigenvalue weighted by atomic mass is 10.1. The number of fused-ring (bicyclic) bond motifs is 3. The van der Waals surface area contributed by atoms with Gasteiger partial charge in [0, 0.05) is 24.0 Å². The summed E-state index contributed by atoms with van der Waals surface area (Å²) in [6, 6.07) is 16.5. The normalized spacial score (nSPS) is 16.5. The van der Waals surface area contributed by atoms with Gasteiger partial charge in [-0.2, -0.15) is 10.2 Å². The summed E-state index contributed by atoms with van der Waals surface area (Å²) >= 11 is 0. The van der Waals surface area contributed by atoms with Gasteiger partial charge in [-0.3, -0.25) is 14.3 Å². The number of primary amides is 1. The SMILES string of the molecule is N#Cc1cccc2c1oc1c(-c3ccccc3)nc(=O)n(CCN3CCC[C@@H]3C(N)=O)c12. The Balaban J connectivity index is 1.70. The number of likely N-dealkylation sites (tertiary alicyclic amines) is 1. The fraction of sp³-hybridized carbons (Fsp3) is 0.250. The van der Waals surface area contributed by atoms with E-state index in [1.807, 2.05) is 41.3 Å². The van der Waals surface area contributed by atoms with Crippen LogP contribution in [0.25, 0.3) is 33.3 Å². The molecule has 3 heterocycles. The first-order valence-corrected chi connectivity index (χ1v) is 10.5. The Labute approximate surface area is 183 Å². The third-order valence-electron chi connectivity index (χ3n) is 6.08. The summed E-state index contributed by atoms with van der Waals surface area (Å²) in [5.41, 5.74) is 8.22. The Kier molecular flexibility index (Phi) is 4.96. The van der Waals surface area contributed by atoms with E-state index < -0.39 is 5.69 Å². The number of benzene rings is 2. The topological polar surface area (TPSA) is 118 Å². The Morgan fingerprint density at radius 3 is 2.72 bits per heavy atom. The number of hydrogen-bond acceptors (Lipinski definition) is 6. The molecule has 0 saturated carbocycles. The van der Waals surface area contributed by atoms with E-state index in [2.05, 4.69) is 11.1 Å². The fourth-order valence-electron chi connectivity index (χ4n) is 4.57. The van der Waals surface area contributed by atoms with Crippen molar-refractivity contribution in [3.63, 3.8) is 0 Å². The molecule has 1 aliphatic heterocycles. The Morgan fingerprint density at radius 2 is 1.97 bits per heavy atom. The lowest BCUT2D eigenvalue weighted by Crippen LogP contribution is -2.42. The van der Waals surface area contributed by atoms with Crippen molar-refractivity contribution >= 4 is 28.0 Å². The van der Waals surface area contributed by atoms with Crippen molar-refractivity contribution in [2.75, 3.05) is 13.1 Å². The van der Waals surface area contributed by atoms with E-state index in [0.29, 0.717) is 46.4 Å². The van der Waals surface area contributed by atoms with Crippen LogP contribution in [0.15, 0.2) is 57.7 Å². The summed E-state index contributed by atoms with van der Waals surface area (Å²) in [4.78, 5) is 31.3. The van der Waals surface area contributed by atoms with E-state index in [0.717, 1.165) is 24.9 Å². The third-order valence-corrected chi connectivity index (χ3v) is 6.08. The van der Waals surface area contributed by atoms with Crippen LogP contribution in [0, 0.1) is 11.3 Å². The van der Waals surface area contributed by atoms with Gasteiger partial charge in [0.15, 0.2) is 11.2 Å². The van der Waals surface area contributed by atoms with Crippen LogP contribution in [-0.4, -0.2) is 39.5 Å². The number of nitrogens with zero attached hydrogens (tertiary/aromatic N) is 4. The molecule has 0 bridgehead atoms. The van der Waals surface area contributed by atoms with Gasteiger partial charge in [-0.05, 0) is 31.5 Å². The largest absolute Gasteiger partial charge is 0.451 e. The van der Waals surface area contributed by atoms with Crippen molar-refractivity contribution < 1.29 is 9.21 Å². The molecule has 1 amide bonds. The highest BCUT2D eigenvalue weighted by Gasteiger charge is 2.29. The molecule has 1 aliphatic rings. The molecule has 0 aliphatic carbocycles. The van der Waals surface area contributed by atoms with Gasteiger partial charge in [0.05, 0.1) is 11.6 Å². The van der Waals surface area contributed by atoms with Crippen LogP contribution < -0.4 is 11.4 Å². The van der Waals surface area contributed by atoms with Crippen LogP contribution in [0.2, 0.25) is 0 Å². The van der Waals surface area contributed by atoms with Crippen molar-refractivity contribution in [2.24, 2.45) is 5.73 Å². The van der Waals surface area contributed by atoms with Crippen molar-refractivity contribution in [2.45, 2.75) is 25.4 Å². The molecule has 160 valence electrons. The van der Waals surface area contributed by atoms with Gasteiger partial charge in [-0.15, -0.1) is 0 Å². The molecular weight excluding hydrogens is 406 g/mol.